The number of sulfonamides is 1. The third-order valence-electron chi connectivity index (χ3n) is 6.31. The number of nitrogens with one attached hydrogen (secondary N) is 1. The zero-order valence-corrected chi connectivity index (χ0v) is 18.7. The maximum Gasteiger partial charge on any atom is 0.314 e. The Morgan fingerprint density at radius 1 is 1.23 bits per heavy atom. The monoisotopic (exact) mass is 440 g/mol. The molecule has 168 valence electrons. The average molecular weight is 441 g/mol. The van der Waals surface area contributed by atoms with Crippen molar-refractivity contribution in [2.75, 3.05) is 27.1 Å². The maximum atomic E-state index is 12.5. The molecule has 0 unspecified atom stereocenters. The lowest BCUT2D eigenvalue weighted by Gasteiger charge is -2.33. The van der Waals surface area contributed by atoms with Gasteiger partial charge in [0.05, 0.1) is 38.6 Å². The van der Waals surface area contributed by atoms with E-state index in [1.165, 1.54) is 7.11 Å². The van der Waals surface area contributed by atoms with Crippen LogP contribution in [0.4, 0.5) is 0 Å². The molecule has 0 radical (unpaired) electrons. The molecule has 2 saturated carbocycles. The molecule has 0 aliphatic heterocycles. The van der Waals surface area contributed by atoms with Crippen LogP contribution in [0, 0.1) is 5.41 Å². The fourth-order valence-corrected chi connectivity index (χ4v) is 5.63. The van der Waals surface area contributed by atoms with Crippen LogP contribution in [0.25, 0.3) is 0 Å². The summed E-state index contributed by atoms with van der Waals surface area (Å²) in [4.78, 5) is 16.8. The van der Waals surface area contributed by atoms with Gasteiger partial charge in [0.2, 0.25) is 15.9 Å². The number of pyridine rings is 1. The molecular formula is C21H32N2O6S. The molecule has 2 atom stereocenters. The van der Waals surface area contributed by atoms with E-state index in [1.54, 1.807) is 13.3 Å². The molecule has 1 aromatic heterocycles. The SMILES string of the molecule is COC(=O)[C@@]1(COC2CCC(c3cccnc3OC)CC2)CC[C@H](NS(C)(=O)=O)C1. The molecule has 9 heteroatoms. The van der Waals surface area contributed by atoms with Crippen molar-refractivity contribution < 1.29 is 27.4 Å². The van der Waals surface area contributed by atoms with E-state index < -0.39 is 15.4 Å². The molecule has 1 N–H and O–H groups in total. The third kappa shape index (κ3) is 5.50. The Morgan fingerprint density at radius 2 is 1.97 bits per heavy atom. The van der Waals surface area contributed by atoms with Crippen LogP contribution in [0.2, 0.25) is 0 Å². The first-order valence-electron chi connectivity index (χ1n) is 10.4. The third-order valence-corrected chi connectivity index (χ3v) is 7.07. The number of esters is 1. The van der Waals surface area contributed by atoms with Crippen LogP contribution in [0.3, 0.4) is 0 Å². The van der Waals surface area contributed by atoms with Gasteiger partial charge in [-0.15, -0.1) is 0 Å². The number of hydrogen-bond acceptors (Lipinski definition) is 7. The van der Waals surface area contributed by atoms with Crippen molar-refractivity contribution in [2.24, 2.45) is 5.41 Å². The summed E-state index contributed by atoms with van der Waals surface area (Å²) in [6.45, 7) is 0.257. The number of aromatic nitrogens is 1. The molecule has 2 aliphatic carbocycles. The first-order valence-corrected chi connectivity index (χ1v) is 12.3. The highest BCUT2D eigenvalue weighted by atomic mass is 32.2. The summed E-state index contributed by atoms with van der Waals surface area (Å²) in [5.41, 5.74) is 0.343. The first-order chi connectivity index (χ1) is 14.3. The standard InChI is InChI=1S/C21H32N2O6S/c1-27-19-18(5-4-12-22-19)15-6-8-17(9-7-15)29-14-21(20(24)28-2)11-10-16(13-21)23-30(3,25)26/h4-5,12,15-17,23H,6-11,13-14H2,1-3H3/t15?,16-,17?,21-/m0/s1. The molecule has 8 nitrogen and oxygen atoms in total. The number of rotatable bonds is 8. The van der Waals surface area contributed by atoms with Crippen LogP contribution in [0.15, 0.2) is 18.3 Å². The second-order valence-corrected chi connectivity index (χ2v) is 10.3. The van der Waals surface area contributed by atoms with Gasteiger partial charge in [-0.05, 0) is 56.9 Å². The maximum absolute atomic E-state index is 12.5. The highest BCUT2D eigenvalue weighted by Gasteiger charge is 2.47. The fourth-order valence-electron chi connectivity index (χ4n) is 4.82. The molecule has 30 heavy (non-hydrogen) atoms. The zero-order valence-electron chi connectivity index (χ0n) is 17.9. The predicted molar refractivity (Wildman–Crippen MR) is 112 cm³/mol. The van der Waals surface area contributed by atoms with E-state index in [0.29, 0.717) is 31.1 Å². The van der Waals surface area contributed by atoms with Crippen LogP contribution in [-0.2, 0) is 24.3 Å². The van der Waals surface area contributed by atoms with E-state index in [2.05, 4.69) is 15.8 Å². The molecule has 0 spiro atoms. The summed E-state index contributed by atoms with van der Waals surface area (Å²) in [5, 5.41) is 0. The Morgan fingerprint density at radius 3 is 2.60 bits per heavy atom. The summed E-state index contributed by atoms with van der Waals surface area (Å²) in [6.07, 6.45) is 8.21. The van der Waals surface area contributed by atoms with Gasteiger partial charge in [0.15, 0.2) is 0 Å². The van der Waals surface area contributed by atoms with Gasteiger partial charge in [0.1, 0.15) is 0 Å². The van der Waals surface area contributed by atoms with Gasteiger partial charge < -0.3 is 14.2 Å². The van der Waals surface area contributed by atoms with Crippen molar-refractivity contribution in [1.29, 1.82) is 0 Å². The Labute approximate surface area is 178 Å². The van der Waals surface area contributed by atoms with Crippen molar-refractivity contribution in [3.05, 3.63) is 23.9 Å². The lowest BCUT2D eigenvalue weighted by Crippen LogP contribution is -2.39. The van der Waals surface area contributed by atoms with Crippen LogP contribution < -0.4 is 9.46 Å². The molecule has 0 bridgehead atoms. The Hall–Kier alpha value is -1.71. The zero-order chi connectivity index (χ0) is 21.8. The summed E-state index contributed by atoms with van der Waals surface area (Å²) in [7, 11) is -0.314. The lowest BCUT2D eigenvalue weighted by molar-refractivity contribution is -0.158. The topological polar surface area (TPSA) is 104 Å². The Balaban J connectivity index is 1.57. The smallest absolute Gasteiger partial charge is 0.314 e. The molecule has 2 fully saturated rings. The second-order valence-electron chi connectivity index (χ2n) is 8.49. The number of nitrogens with zero attached hydrogens (tertiary/aromatic N) is 1. The molecule has 0 saturated heterocycles. The van der Waals surface area contributed by atoms with Crippen molar-refractivity contribution in [2.45, 2.75) is 63.0 Å². The van der Waals surface area contributed by atoms with Gasteiger partial charge in [-0.3, -0.25) is 4.79 Å². The molecule has 0 amide bonds. The van der Waals surface area contributed by atoms with E-state index in [-0.39, 0.29) is 24.7 Å². The molecule has 0 aromatic carbocycles. The summed E-state index contributed by atoms with van der Waals surface area (Å²) in [6, 6.07) is 3.73. The summed E-state index contributed by atoms with van der Waals surface area (Å²) < 4.78 is 42.4. The quantitative estimate of drug-likeness (QED) is 0.619. The average Bonchev–Trinajstić information content (AvgIpc) is 3.14. The van der Waals surface area contributed by atoms with Gasteiger partial charge in [0, 0.05) is 17.8 Å². The molecule has 1 aromatic rings. The minimum absolute atomic E-state index is 0.0763. The fraction of sp³-hybridized carbons (Fsp3) is 0.714. The molecule has 3 rings (SSSR count). The lowest BCUT2D eigenvalue weighted by atomic mass is 9.82. The van der Waals surface area contributed by atoms with E-state index in [4.69, 9.17) is 14.2 Å². The van der Waals surface area contributed by atoms with Crippen molar-refractivity contribution >= 4 is 16.0 Å². The van der Waals surface area contributed by atoms with Crippen LogP contribution >= 0.6 is 0 Å². The minimum Gasteiger partial charge on any atom is -0.481 e. The van der Waals surface area contributed by atoms with E-state index in [0.717, 1.165) is 37.5 Å². The number of hydrogen-bond donors (Lipinski definition) is 1. The number of carbonyl (C=O) groups excluding carboxylic acids is 1. The summed E-state index contributed by atoms with van der Waals surface area (Å²) in [5.74, 6) is 0.744. The highest BCUT2D eigenvalue weighted by Crippen LogP contribution is 2.42. The number of ether oxygens (including phenoxy) is 3. The van der Waals surface area contributed by atoms with E-state index in [1.807, 2.05) is 6.07 Å². The van der Waals surface area contributed by atoms with Crippen LogP contribution in [0.5, 0.6) is 5.88 Å². The largest absolute Gasteiger partial charge is 0.481 e. The molecular weight excluding hydrogens is 408 g/mol. The number of methoxy groups -OCH3 is 2. The van der Waals surface area contributed by atoms with Gasteiger partial charge in [-0.1, -0.05) is 6.07 Å². The number of carbonyl (C=O) groups is 1. The van der Waals surface area contributed by atoms with Gasteiger partial charge in [0.25, 0.3) is 0 Å². The van der Waals surface area contributed by atoms with Crippen molar-refractivity contribution in [3.63, 3.8) is 0 Å². The first kappa shape index (κ1) is 23.0. The van der Waals surface area contributed by atoms with Gasteiger partial charge >= 0.3 is 5.97 Å². The van der Waals surface area contributed by atoms with Gasteiger partial charge in [-0.2, -0.15) is 0 Å². The second kappa shape index (κ2) is 9.62. The normalized spacial score (nSPS) is 29.5. The van der Waals surface area contributed by atoms with Gasteiger partial charge in [-0.25, -0.2) is 18.1 Å². The van der Waals surface area contributed by atoms with Crippen LogP contribution in [-0.4, -0.2) is 58.6 Å². The molecule has 1 heterocycles. The van der Waals surface area contributed by atoms with E-state index >= 15 is 0 Å². The van der Waals surface area contributed by atoms with Crippen molar-refractivity contribution in [1.82, 2.24) is 9.71 Å². The van der Waals surface area contributed by atoms with E-state index in [9.17, 15) is 13.2 Å². The molecule has 2 aliphatic rings. The predicted octanol–water partition coefficient (Wildman–Crippen LogP) is 2.39. The summed E-state index contributed by atoms with van der Waals surface area (Å²) >= 11 is 0. The Kier molecular flexibility index (Phi) is 7.36. The Bertz CT molecular complexity index is 838. The van der Waals surface area contributed by atoms with Crippen molar-refractivity contribution in [3.8, 4) is 5.88 Å². The highest BCUT2D eigenvalue weighted by molar-refractivity contribution is 7.88. The van der Waals surface area contributed by atoms with Crippen LogP contribution in [0.1, 0.15) is 56.4 Å². The minimum atomic E-state index is -3.32.